The van der Waals surface area contributed by atoms with E-state index >= 15 is 0 Å². The Bertz CT molecular complexity index is 1830. The van der Waals surface area contributed by atoms with Crippen molar-refractivity contribution in [1.82, 2.24) is 19.5 Å². The summed E-state index contributed by atoms with van der Waals surface area (Å²) in [4.78, 5) is 14.0. The van der Waals surface area contributed by atoms with Crippen LogP contribution >= 0.6 is 0 Å². The largest absolute Gasteiger partial charge is 2.00 e. The number of fused-ring (bicyclic) bond motifs is 3. The first-order chi connectivity index (χ1) is 19.1. The zero-order valence-corrected chi connectivity index (χ0v) is 26.4. The van der Waals surface area contributed by atoms with E-state index in [1.54, 1.807) is 0 Å². The normalized spacial score (nSPS) is 12.0. The Morgan fingerprint density at radius 1 is 0.634 bits per heavy atom. The van der Waals surface area contributed by atoms with Crippen molar-refractivity contribution >= 4 is 21.8 Å². The second-order valence-corrected chi connectivity index (χ2v) is 12.2. The number of aromatic nitrogens is 4. The monoisotopic (exact) mass is 719 g/mol. The molecule has 3 aromatic heterocycles. The smallest absolute Gasteiger partial charge is 0.460 e. The molecule has 3 heterocycles. The van der Waals surface area contributed by atoms with E-state index in [0.717, 1.165) is 44.1 Å². The summed E-state index contributed by atoms with van der Waals surface area (Å²) >= 11 is 0. The number of ether oxygens (including phenoxy) is 1. The van der Waals surface area contributed by atoms with E-state index in [9.17, 15) is 0 Å². The molecule has 6 heteroatoms. The third-order valence-electron chi connectivity index (χ3n) is 7.16. The number of hydrogen-bond acceptors (Lipinski definition) is 4. The Morgan fingerprint density at radius 2 is 1.32 bits per heavy atom. The Labute approximate surface area is 255 Å². The SMILES string of the molecule is CC(C)(C)c1ccc(Oc2[c-]c(-c3[c-]c4c(cc3)c3ccccc3n4-c3ncc(C(C)(C)C)cn3)ccc2)nc1.[Pt+2]. The van der Waals surface area contributed by atoms with Crippen molar-refractivity contribution < 1.29 is 25.8 Å². The maximum Gasteiger partial charge on any atom is 2.00 e. The van der Waals surface area contributed by atoms with Gasteiger partial charge in [-0.15, -0.1) is 18.2 Å². The first-order valence-corrected chi connectivity index (χ1v) is 13.5. The summed E-state index contributed by atoms with van der Waals surface area (Å²) in [6.07, 6.45) is 5.71. The number of pyridine rings is 1. The van der Waals surface area contributed by atoms with Gasteiger partial charge in [0, 0.05) is 35.9 Å². The topological polar surface area (TPSA) is 52.8 Å². The van der Waals surface area contributed by atoms with E-state index in [-0.39, 0.29) is 31.9 Å². The fourth-order valence-corrected chi connectivity index (χ4v) is 4.74. The van der Waals surface area contributed by atoms with Crippen LogP contribution < -0.4 is 4.74 Å². The third-order valence-corrected chi connectivity index (χ3v) is 7.16. The maximum atomic E-state index is 6.07. The summed E-state index contributed by atoms with van der Waals surface area (Å²) in [6, 6.07) is 29.4. The van der Waals surface area contributed by atoms with Gasteiger partial charge in [-0.25, -0.2) is 26.1 Å². The van der Waals surface area contributed by atoms with E-state index in [0.29, 0.717) is 17.6 Å². The Balaban J connectivity index is 0.00000337. The van der Waals surface area contributed by atoms with Crippen LogP contribution in [0.5, 0.6) is 11.6 Å². The van der Waals surface area contributed by atoms with Crippen molar-refractivity contribution in [3.05, 3.63) is 109 Å². The van der Waals surface area contributed by atoms with Gasteiger partial charge < -0.3 is 4.74 Å². The molecule has 0 aliphatic heterocycles. The van der Waals surface area contributed by atoms with Crippen molar-refractivity contribution in [3.8, 4) is 28.7 Å². The van der Waals surface area contributed by atoms with Crippen molar-refractivity contribution in [2.45, 2.75) is 52.4 Å². The Kier molecular flexibility index (Phi) is 7.61. The molecular formula is C35H32N4OPt. The van der Waals surface area contributed by atoms with Gasteiger partial charge in [0.1, 0.15) is 0 Å². The molecule has 0 amide bonds. The molecular weight excluding hydrogens is 687 g/mol. The van der Waals surface area contributed by atoms with Crippen LogP contribution in [0.15, 0.2) is 85.3 Å². The van der Waals surface area contributed by atoms with Gasteiger partial charge in [-0.1, -0.05) is 71.2 Å². The Hall–Kier alpha value is -3.82. The number of rotatable bonds is 4. The molecule has 6 rings (SSSR count). The first kappa shape index (κ1) is 28.7. The van der Waals surface area contributed by atoms with Crippen molar-refractivity contribution in [2.75, 3.05) is 0 Å². The molecule has 0 atom stereocenters. The van der Waals surface area contributed by atoms with Crippen LogP contribution in [0.4, 0.5) is 0 Å². The predicted molar refractivity (Wildman–Crippen MR) is 161 cm³/mol. The minimum atomic E-state index is -0.0221. The molecule has 0 N–H and O–H groups in total. The quantitative estimate of drug-likeness (QED) is 0.171. The van der Waals surface area contributed by atoms with Crippen molar-refractivity contribution in [2.24, 2.45) is 0 Å². The first-order valence-electron chi connectivity index (χ1n) is 13.5. The summed E-state index contributed by atoms with van der Waals surface area (Å²) in [7, 11) is 0. The predicted octanol–water partition coefficient (Wildman–Crippen LogP) is 8.62. The molecule has 5 nitrogen and oxygen atoms in total. The molecule has 0 bridgehead atoms. The van der Waals surface area contributed by atoms with Gasteiger partial charge in [-0.2, -0.15) is 24.3 Å². The van der Waals surface area contributed by atoms with E-state index in [4.69, 9.17) is 14.7 Å². The number of nitrogens with zero attached hydrogens (tertiary/aromatic N) is 4. The fourth-order valence-electron chi connectivity index (χ4n) is 4.74. The number of benzene rings is 3. The van der Waals surface area contributed by atoms with Crippen LogP contribution in [-0.4, -0.2) is 19.5 Å². The van der Waals surface area contributed by atoms with Gasteiger partial charge in [0.2, 0.25) is 11.8 Å². The van der Waals surface area contributed by atoms with Crippen molar-refractivity contribution in [1.29, 1.82) is 0 Å². The summed E-state index contributed by atoms with van der Waals surface area (Å²) in [5, 5.41) is 2.23. The number of para-hydroxylation sites is 1. The van der Waals surface area contributed by atoms with Crippen LogP contribution in [0, 0.1) is 12.1 Å². The van der Waals surface area contributed by atoms with E-state index in [1.807, 2.05) is 48.9 Å². The summed E-state index contributed by atoms with van der Waals surface area (Å²) in [5.41, 5.74) is 6.01. The molecule has 0 aliphatic rings. The van der Waals surface area contributed by atoms with Gasteiger partial charge in [0.05, 0.1) is 0 Å². The molecule has 3 aromatic carbocycles. The molecule has 41 heavy (non-hydrogen) atoms. The molecule has 0 unspecified atom stereocenters. The van der Waals surface area contributed by atoms with E-state index in [2.05, 4.69) is 99.6 Å². The summed E-state index contributed by atoms with van der Waals surface area (Å²) in [6.45, 7) is 13.0. The molecule has 0 aliphatic carbocycles. The van der Waals surface area contributed by atoms with Gasteiger partial charge in [0.15, 0.2) is 0 Å². The zero-order chi connectivity index (χ0) is 28.1. The molecule has 0 saturated heterocycles. The summed E-state index contributed by atoms with van der Waals surface area (Å²) < 4.78 is 8.15. The fraction of sp³-hybridized carbons (Fsp3) is 0.229. The minimum Gasteiger partial charge on any atom is -0.460 e. The minimum absolute atomic E-state index is 0. The van der Waals surface area contributed by atoms with Crippen LogP contribution in [0.2, 0.25) is 0 Å². The van der Waals surface area contributed by atoms with Crippen molar-refractivity contribution in [3.63, 3.8) is 0 Å². The van der Waals surface area contributed by atoms with Crippen LogP contribution in [0.3, 0.4) is 0 Å². The Morgan fingerprint density at radius 3 is 2.00 bits per heavy atom. The zero-order valence-electron chi connectivity index (χ0n) is 24.1. The van der Waals surface area contributed by atoms with E-state index in [1.165, 1.54) is 0 Å². The second-order valence-electron chi connectivity index (χ2n) is 12.2. The molecule has 0 saturated carbocycles. The third kappa shape index (κ3) is 5.69. The molecule has 6 aromatic rings. The van der Waals surface area contributed by atoms with Gasteiger partial charge in [-0.3, -0.25) is 4.57 Å². The average Bonchev–Trinajstić information content (AvgIpc) is 3.26. The number of hydrogen-bond donors (Lipinski definition) is 0. The second kappa shape index (κ2) is 10.9. The molecule has 0 fully saturated rings. The van der Waals surface area contributed by atoms with Crippen LogP contribution in [-0.2, 0) is 31.9 Å². The van der Waals surface area contributed by atoms with Gasteiger partial charge in [-0.05, 0) is 38.9 Å². The average molecular weight is 720 g/mol. The standard InChI is InChI=1S/C35H32N4O.Pt/c1-34(2,3)25-15-17-32(36-20-25)40-27-11-9-10-23(18-27)24-14-16-29-28-12-7-8-13-30(28)39(31(29)19-24)33-37-21-26(22-38-33)35(4,5)6;/h7-17,20-22H,1-6H3;/q-2;+2. The molecule has 0 radical (unpaired) electrons. The molecule has 0 spiro atoms. The maximum absolute atomic E-state index is 6.07. The van der Waals surface area contributed by atoms with E-state index < -0.39 is 0 Å². The molecule has 208 valence electrons. The van der Waals surface area contributed by atoms with Gasteiger partial charge >= 0.3 is 21.1 Å². The van der Waals surface area contributed by atoms with Crippen LogP contribution in [0.25, 0.3) is 38.9 Å². The van der Waals surface area contributed by atoms with Gasteiger partial charge in [0.25, 0.3) is 0 Å². The summed E-state index contributed by atoms with van der Waals surface area (Å²) in [5.74, 6) is 1.76. The van der Waals surface area contributed by atoms with Crippen LogP contribution in [0.1, 0.15) is 52.7 Å².